The van der Waals surface area contributed by atoms with Crippen molar-refractivity contribution in [3.8, 4) is 5.75 Å². The van der Waals surface area contributed by atoms with Crippen molar-refractivity contribution < 1.29 is 19.2 Å². The average molecular weight is 327 g/mol. The summed E-state index contributed by atoms with van der Waals surface area (Å²) in [5, 5.41) is 6.12. The largest absolute Gasteiger partial charge is 0.497 e. The normalized spacial score (nSPS) is 10.8. The number of carbonyl (C=O) groups excluding carboxylic acids is 2. The molecule has 0 fully saturated rings. The Hall–Kier alpha value is -3.35. The van der Waals surface area contributed by atoms with E-state index in [2.05, 4.69) is 10.5 Å². The summed E-state index contributed by atoms with van der Waals surface area (Å²) in [5.74, 6) is -0.446. The van der Waals surface area contributed by atoms with Gasteiger partial charge in [-0.25, -0.2) is 4.79 Å². The van der Waals surface area contributed by atoms with E-state index < -0.39 is 5.97 Å². The summed E-state index contributed by atoms with van der Waals surface area (Å²) in [6, 6.07) is 15.2. The number of rotatable bonds is 6. The van der Waals surface area contributed by atoms with Crippen LogP contribution in [0.2, 0.25) is 0 Å². The minimum Gasteiger partial charge on any atom is -0.497 e. The number of ether oxygens (including phenoxy) is 1. The number of benzene rings is 2. The number of amides is 1. The van der Waals surface area contributed by atoms with E-state index in [1.165, 1.54) is 0 Å². The first-order valence-corrected chi connectivity index (χ1v) is 7.11. The van der Waals surface area contributed by atoms with Gasteiger partial charge in [-0.2, -0.15) is 0 Å². The molecule has 0 aliphatic rings. The number of amidine groups is 1. The second-order valence-corrected chi connectivity index (χ2v) is 4.78. The van der Waals surface area contributed by atoms with E-state index >= 15 is 0 Å². The fourth-order valence-corrected chi connectivity index (χ4v) is 1.80. The third-order valence-corrected chi connectivity index (χ3v) is 2.97. The summed E-state index contributed by atoms with van der Waals surface area (Å²) in [4.78, 5) is 28.2. The molecule has 2 rings (SSSR count). The maximum atomic E-state index is 11.8. The second kappa shape index (κ2) is 8.33. The average Bonchev–Trinajstić information content (AvgIpc) is 2.61. The smallest absolute Gasteiger partial charge is 0.365 e. The molecule has 2 aromatic rings. The molecule has 0 atom stereocenters. The lowest BCUT2D eigenvalue weighted by atomic mass is 10.2. The molecule has 0 saturated heterocycles. The number of nitrogens with two attached hydrogens (primary N) is 1. The van der Waals surface area contributed by atoms with E-state index in [0.717, 1.165) is 0 Å². The summed E-state index contributed by atoms with van der Waals surface area (Å²) >= 11 is 0. The van der Waals surface area contributed by atoms with Gasteiger partial charge in [-0.05, 0) is 36.4 Å². The topological polar surface area (TPSA) is 103 Å². The summed E-state index contributed by atoms with van der Waals surface area (Å²) < 4.78 is 5.03. The van der Waals surface area contributed by atoms with E-state index in [0.29, 0.717) is 17.0 Å². The van der Waals surface area contributed by atoms with E-state index in [1.807, 2.05) is 0 Å². The predicted molar refractivity (Wildman–Crippen MR) is 89.7 cm³/mol. The summed E-state index contributed by atoms with van der Waals surface area (Å²) in [7, 11) is 1.56. The van der Waals surface area contributed by atoms with Crippen LogP contribution in [-0.2, 0) is 9.63 Å². The van der Waals surface area contributed by atoms with Crippen molar-refractivity contribution in [2.75, 3.05) is 12.4 Å². The van der Waals surface area contributed by atoms with Gasteiger partial charge in [0.2, 0.25) is 5.91 Å². The number of carbonyl (C=O) groups is 2. The van der Waals surface area contributed by atoms with Crippen LogP contribution in [0.1, 0.15) is 16.8 Å². The Morgan fingerprint density at radius 2 is 1.75 bits per heavy atom. The molecule has 3 N–H and O–H groups in total. The lowest BCUT2D eigenvalue weighted by molar-refractivity contribution is -0.115. The second-order valence-electron chi connectivity index (χ2n) is 4.78. The molecule has 24 heavy (non-hydrogen) atoms. The Kier molecular flexibility index (Phi) is 5.90. The lowest BCUT2D eigenvalue weighted by Crippen LogP contribution is -2.22. The molecule has 7 heteroatoms. The minimum atomic E-state index is -0.644. The van der Waals surface area contributed by atoms with Crippen LogP contribution < -0.4 is 15.8 Å². The Bertz CT molecular complexity index is 727. The zero-order chi connectivity index (χ0) is 17.4. The maximum absolute atomic E-state index is 11.8. The van der Waals surface area contributed by atoms with Gasteiger partial charge >= 0.3 is 5.97 Å². The molecule has 0 unspecified atom stereocenters. The van der Waals surface area contributed by atoms with Crippen LogP contribution >= 0.6 is 0 Å². The first-order valence-electron chi connectivity index (χ1n) is 7.11. The van der Waals surface area contributed by atoms with Crippen LogP contribution in [0.4, 0.5) is 5.69 Å². The van der Waals surface area contributed by atoms with Crippen LogP contribution in [0.5, 0.6) is 5.75 Å². The number of hydrogen-bond donors (Lipinski definition) is 2. The Morgan fingerprint density at radius 1 is 1.08 bits per heavy atom. The monoisotopic (exact) mass is 327 g/mol. The van der Waals surface area contributed by atoms with Crippen LogP contribution in [-0.4, -0.2) is 24.8 Å². The molecular formula is C17H17N3O4. The first kappa shape index (κ1) is 17.0. The Labute approximate surface area is 139 Å². The van der Waals surface area contributed by atoms with Gasteiger partial charge in [0.05, 0.1) is 19.1 Å². The van der Waals surface area contributed by atoms with E-state index in [-0.39, 0.29) is 18.2 Å². The van der Waals surface area contributed by atoms with Crippen molar-refractivity contribution in [1.82, 2.24) is 0 Å². The lowest BCUT2D eigenvalue weighted by Gasteiger charge is -2.06. The van der Waals surface area contributed by atoms with Crippen molar-refractivity contribution in [3.05, 3.63) is 60.2 Å². The van der Waals surface area contributed by atoms with Gasteiger partial charge in [-0.15, -0.1) is 0 Å². The highest BCUT2D eigenvalue weighted by atomic mass is 16.7. The first-order chi connectivity index (χ1) is 11.6. The van der Waals surface area contributed by atoms with Crippen molar-refractivity contribution in [3.63, 3.8) is 0 Å². The van der Waals surface area contributed by atoms with Crippen LogP contribution in [0.15, 0.2) is 59.8 Å². The Morgan fingerprint density at radius 3 is 2.38 bits per heavy atom. The van der Waals surface area contributed by atoms with Gasteiger partial charge in [-0.3, -0.25) is 4.79 Å². The van der Waals surface area contributed by atoms with Crippen LogP contribution in [0.25, 0.3) is 0 Å². The molecule has 7 nitrogen and oxygen atoms in total. The predicted octanol–water partition coefficient (Wildman–Crippen LogP) is 2.15. The fraction of sp³-hybridized carbons (Fsp3) is 0.118. The standard InChI is InChI=1S/C17H17N3O4/c1-23-14-9-7-13(8-10-14)19-16(21)11-15(18)20-24-17(22)12-5-3-2-4-6-12/h2-10H,11H2,1H3,(H2,18,20)(H,19,21). The van der Waals surface area contributed by atoms with Crippen molar-refractivity contribution >= 4 is 23.4 Å². The van der Waals surface area contributed by atoms with Gasteiger partial charge in [-0.1, -0.05) is 23.4 Å². The molecule has 0 aliphatic carbocycles. The summed E-state index contributed by atoms with van der Waals surface area (Å²) in [5.41, 5.74) is 6.53. The number of oxime groups is 1. The van der Waals surface area contributed by atoms with Gasteiger partial charge in [0, 0.05) is 5.69 Å². The molecule has 1 amide bonds. The zero-order valence-corrected chi connectivity index (χ0v) is 13.1. The number of nitrogens with zero attached hydrogens (tertiary/aromatic N) is 1. The zero-order valence-electron chi connectivity index (χ0n) is 13.1. The summed E-state index contributed by atoms with van der Waals surface area (Å²) in [6.07, 6.45) is -0.200. The van der Waals surface area contributed by atoms with Crippen molar-refractivity contribution in [2.24, 2.45) is 10.9 Å². The van der Waals surface area contributed by atoms with Gasteiger partial charge in [0.15, 0.2) is 0 Å². The van der Waals surface area contributed by atoms with Crippen molar-refractivity contribution in [1.29, 1.82) is 0 Å². The molecule has 2 aromatic carbocycles. The quantitative estimate of drug-likeness (QED) is 0.366. The van der Waals surface area contributed by atoms with E-state index in [9.17, 15) is 9.59 Å². The molecule has 124 valence electrons. The molecule has 0 heterocycles. The fourth-order valence-electron chi connectivity index (χ4n) is 1.80. The SMILES string of the molecule is COc1ccc(NC(=O)CC(N)=NOC(=O)c2ccccc2)cc1. The van der Waals surface area contributed by atoms with E-state index in [1.54, 1.807) is 61.7 Å². The third-order valence-electron chi connectivity index (χ3n) is 2.97. The van der Waals surface area contributed by atoms with Gasteiger partial charge in [0.25, 0.3) is 0 Å². The number of nitrogens with one attached hydrogen (secondary N) is 1. The minimum absolute atomic E-state index is 0.106. The van der Waals surface area contributed by atoms with Gasteiger partial charge < -0.3 is 20.6 Å². The molecule has 0 spiro atoms. The molecule has 0 bridgehead atoms. The highest BCUT2D eigenvalue weighted by Gasteiger charge is 2.09. The van der Waals surface area contributed by atoms with Crippen molar-refractivity contribution in [2.45, 2.75) is 6.42 Å². The van der Waals surface area contributed by atoms with E-state index in [4.69, 9.17) is 15.3 Å². The molecule has 0 aliphatic heterocycles. The molecule has 0 aromatic heterocycles. The van der Waals surface area contributed by atoms with Crippen LogP contribution in [0.3, 0.4) is 0 Å². The maximum Gasteiger partial charge on any atom is 0.365 e. The molecule has 0 radical (unpaired) electrons. The number of anilines is 1. The van der Waals surface area contributed by atoms with Gasteiger partial charge in [0.1, 0.15) is 11.6 Å². The molecule has 0 saturated carbocycles. The summed E-state index contributed by atoms with van der Waals surface area (Å²) in [6.45, 7) is 0. The highest BCUT2D eigenvalue weighted by Crippen LogP contribution is 2.15. The highest BCUT2D eigenvalue weighted by molar-refractivity contribution is 6.05. The Balaban J connectivity index is 1.85. The number of methoxy groups -OCH3 is 1. The number of hydrogen-bond acceptors (Lipinski definition) is 5. The third kappa shape index (κ3) is 5.13. The molecular weight excluding hydrogens is 310 g/mol. The van der Waals surface area contributed by atoms with Crippen LogP contribution in [0, 0.1) is 0 Å².